The Morgan fingerprint density at radius 2 is 2.13 bits per heavy atom. The quantitative estimate of drug-likeness (QED) is 0.764. The first-order valence-electron chi connectivity index (χ1n) is 8.17. The Morgan fingerprint density at radius 3 is 2.91 bits per heavy atom. The molecule has 0 saturated carbocycles. The van der Waals surface area contributed by atoms with Gasteiger partial charge in [-0.2, -0.15) is 0 Å². The molecule has 1 aliphatic carbocycles. The Balaban J connectivity index is 1.94. The minimum Gasteiger partial charge on any atom is -0.330 e. The Bertz CT molecular complexity index is 878. The van der Waals surface area contributed by atoms with E-state index in [1.165, 1.54) is 35.5 Å². The fourth-order valence-corrected chi connectivity index (χ4v) is 4.83. The van der Waals surface area contributed by atoms with Crippen LogP contribution in [0.2, 0.25) is 5.02 Å². The minimum atomic E-state index is 0.637. The number of hydrogen-bond acceptors (Lipinski definition) is 3. The van der Waals surface area contributed by atoms with Crippen LogP contribution in [0.25, 0.3) is 16.2 Å². The maximum absolute atomic E-state index is 6.18. The lowest BCUT2D eigenvalue weighted by Gasteiger charge is -2.13. The lowest BCUT2D eigenvalue weighted by molar-refractivity contribution is 0.669. The van der Waals surface area contributed by atoms with Crippen LogP contribution in [-0.4, -0.2) is 15.9 Å². The summed E-state index contributed by atoms with van der Waals surface area (Å²) in [6, 6.07) is 6.15. The summed E-state index contributed by atoms with van der Waals surface area (Å²) >= 11 is 8.03. The molecule has 5 heteroatoms. The van der Waals surface area contributed by atoms with Crippen LogP contribution in [0.15, 0.2) is 18.2 Å². The highest BCUT2D eigenvalue weighted by Crippen LogP contribution is 2.35. The van der Waals surface area contributed by atoms with E-state index in [1.54, 1.807) is 0 Å². The van der Waals surface area contributed by atoms with Crippen molar-refractivity contribution >= 4 is 27.9 Å². The van der Waals surface area contributed by atoms with E-state index in [9.17, 15) is 0 Å². The molecule has 0 saturated heterocycles. The van der Waals surface area contributed by atoms with Crippen LogP contribution in [0.1, 0.15) is 34.7 Å². The van der Waals surface area contributed by atoms with Crippen molar-refractivity contribution in [3.63, 3.8) is 0 Å². The Kier molecular flexibility index (Phi) is 3.92. The number of imidazole rings is 1. The second-order valence-corrected chi connectivity index (χ2v) is 7.68. The second kappa shape index (κ2) is 5.93. The molecule has 3 aromatic rings. The molecule has 0 bridgehead atoms. The fraction of sp³-hybridized carbons (Fsp3) is 0.389. The maximum Gasteiger partial charge on any atom is 0.194 e. The van der Waals surface area contributed by atoms with Crippen molar-refractivity contribution in [2.24, 2.45) is 5.73 Å². The van der Waals surface area contributed by atoms with Crippen LogP contribution >= 0.6 is 22.9 Å². The third-order valence-corrected chi connectivity index (χ3v) is 6.19. The molecule has 3 nitrogen and oxygen atoms in total. The van der Waals surface area contributed by atoms with Crippen molar-refractivity contribution in [3.05, 3.63) is 45.1 Å². The summed E-state index contributed by atoms with van der Waals surface area (Å²) in [6.07, 6.45) is 5.77. The monoisotopic (exact) mass is 345 g/mol. The summed E-state index contributed by atoms with van der Waals surface area (Å²) in [4.78, 5) is 7.58. The minimum absolute atomic E-state index is 0.637. The lowest BCUT2D eigenvalue weighted by Crippen LogP contribution is -2.09. The van der Waals surface area contributed by atoms with E-state index in [-0.39, 0.29) is 0 Å². The van der Waals surface area contributed by atoms with Gasteiger partial charge in [0.2, 0.25) is 0 Å². The summed E-state index contributed by atoms with van der Waals surface area (Å²) in [6.45, 7) is 2.67. The average Bonchev–Trinajstić information content (AvgIpc) is 3.07. The fourth-order valence-electron chi connectivity index (χ4n) is 3.49. The average molecular weight is 346 g/mol. The maximum atomic E-state index is 6.18. The van der Waals surface area contributed by atoms with Crippen LogP contribution in [0.5, 0.6) is 0 Å². The van der Waals surface area contributed by atoms with Gasteiger partial charge in [0, 0.05) is 27.6 Å². The number of rotatable bonds is 3. The van der Waals surface area contributed by atoms with Gasteiger partial charge in [-0.1, -0.05) is 17.7 Å². The van der Waals surface area contributed by atoms with E-state index < -0.39 is 0 Å². The van der Waals surface area contributed by atoms with Gasteiger partial charge in [-0.25, -0.2) is 4.98 Å². The molecule has 1 aromatic carbocycles. The number of nitrogens with two attached hydrogens (primary N) is 1. The summed E-state index contributed by atoms with van der Waals surface area (Å²) in [5.41, 5.74) is 11.9. The van der Waals surface area contributed by atoms with E-state index in [2.05, 4.69) is 16.5 Å². The zero-order valence-corrected chi connectivity index (χ0v) is 14.8. The topological polar surface area (TPSA) is 43.3 Å². The molecule has 0 amide bonds. The normalized spacial score (nSPS) is 14.4. The number of benzene rings is 1. The Morgan fingerprint density at radius 1 is 1.30 bits per heavy atom. The molecule has 1 aliphatic rings. The number of fused-ring (bicyclic) bond motifs is 3. The first-order chi connectivity index (χ1) is 11.2. The smallest absolute Gasteiger partial charge is 0.194 e. The van der Waals surface area contributed by atoms with Crippen LogP contribution in [-0.2, 0) is 19.3 Å². The van der Waals surface area contributed by atoms with Gasteiger partial charge in [0.15, 0.2) is 4.96 Å². The molecule has 120 valence electrons. The number of thiazole rings is 1. The molecule has 0 radical (unpaired) electrons. The number of aromatic nitrogens is 2. The van der Waals surface area contributed by atoms with Gasteiger partial charge < -0.3 is 5.73 Å². The molecular weight excluding hydrogens is 326 g/mol. The molecule has 0 fully saturated rings. The molecule has 0 aliphatic heterocycles. The Hall–Kier alpha value is -1.36. The molecule has 0 spiro atoms. The molecule has 0 atom stereocenters. The highest BCUT2D eigenvalue weighted by molar-refractivity contribution is 7.17. The summed E-state index contributed by atoms with van der Waals surface area (Å²) < 4.78 is 2.38. The van der Waals surface area contributed by atoms with Crippen molar-refractivity contribution in [1.29, 1.82) is 0 Å². The van der Waals surface area contributed by atoms with E-state index in [1.807, 2.05) is 24.3 Å². The van der Waals surface area contributed by atoms with Crippen molar-refractivity contribution in [3.8, 4) is 11.3 Å². The highest BCUT2D eigenvalue weighted by atomic mass is 35.5. The number of halogens is 1. The van der Waals surface area contributed by atoms with E-state index in [0.29, 0.717) is 6.54 Å². The van der Waals surface area contributed by atoms with Gasteiger partial charge in [-0.3, -0.25) is 4.40 Å². The Labute approximate surface area is 145 Å². The largest absolute Gasteiger partial charge is 0.330 e. The van der Waals surface area contributed by atoms with Crippen LogP contribution < -0.4 is 5.73 Å². The van der Waals surface area contributed by atoms with Gasteiger partial charge in [0.25, 0.3) is 0 Å². The zero-order valence-electron chi connectivity index (χ0n) is 13.2. The second-order valence-electron chi connectivity index (χ2n) is 6.21. The lowest BCUT2D eigenvalue weighted by atomic mass is 10.0. The van der Waals surface area contributed by atoms with Crippen LogP contribution in [0.4, 0.5) is 0 Å². The van der Waals surface area contributed by atoms with Gasteiger partial charge in [0.1, 0.15) is 0 Å². The van der Waals surface area contributed by atoms with Gasteiger partial charge >= 0.3 is 0 Å². The van der Waals surface area contributed by atoms with Crippen molar-refractivity contribution in [2.75, 3.05) is 6.54 Å². The number of hydrogen-bond donors (Lipinski definition) is 1. The van der Waals surface area contributed by atoms with Crippen molar-refractivity contribution < 1.29 is 0 Å². The first kappa shape index (κ1) is 15.2. The van der Waals surface area contributed by atoms with Gasteiger partial charge in [0.05, 0.1) is 11.4 Å². The third-order valence-electron chi connectivity index (χ3n) is 4.63. The molecule has 2 heterocycles. The third kappa shape index (κ3) is 2.49. The van der Waals surface area contributed by atoms with Crippen molar-refractivity contribution in [2.45, 2.75) is 39.0 Å². The molecule has 4 rings (SSSR count). The van der Waals surface area contributed by atoms with E-state index in [0.717, 1.165) is 39.6 Å². The van der Waals surface area contributed by atoms with Crippen LogP contribution in [0.3, 0.4) is 0 Å². The molecule has 2 aromatic heterocycles. The van der Waals surface area contributed by atoms with Gasteiger partial charge in [-0.15, -0.1) is 11.3 Å². The number of nitrogens with zero attached hydrogens (tertiary/aromatic N) is 2. The molecular formula is C18H20ClN3S. The van der Waals surface area contributed by atoms with Crippen molar-refractivity contribution in [1.82, 2.24) is 9.38 Å². The molecule has 0 unspecified atom stereocenters. The van der Waals surface area contributed by atoms with Crippen LogP contribution in [0, 0.1) is 6.92 Å². The SMILES string of the molecule is Cc1cc(-c2nc3sc4c(n3c2CCN)CCCC4)ccc1Cl. The highest BCUT2D eigenvalue weighted by Gasteiger charge is 2.22. The molecule has 2 N–H and O–H groups in total. The van der Waals surface area contributed by atoms with E-state index >= 15 is 0 Å². The first-order valence-corrected chi connectivity index (χ1v) is 9.37. The summed E-state index contributed by atoms with van der Waals surface area (Å²) in [7, 11) is 0. The number of aryl methyl sites for hydroxylation is 3. The zero-order chi connectivity index (χ0) is 16.0. The predicted octanol–water partition coefficient (Wildman–Crippen LogP) is 4.40. The van der Waals surface area contributed by atoms with E-state index in [4.69, 9.17) is 22.3 Å². The molecule has 23 heavy (non-hydrogen) atoms. The standard InChI is InChI=1S/C18H20ClN3S/c1-11-10-12(6-7-13(11)19)17-15(8-9-20)22-14-4-2-3-5-16(14)23-18(22)21-17/h6-7,10H,2-5,8-9,20H2,1H3. The summed E-state index contributed by atoms with van der Waals surface area (Å²) in [5.74, 6) is 0. The predicted molar refractivity (Wildman–Crippen MR) is 97.7 cm³/mol. The summed E-state index contributed by atoms with van der Waals surface area (Å²) in [5, 5.41) is 0.799. The van der Waals surface area contributed by atoms with Gasteiger partial charge in [-0.05, 0) is 56.8 Å².